The normalized spacial score (nSPS) is 18.4. The number of rotatable bonds is 9. The van der Waals surface area contributed by atoms with Crippen LogP contribution in [0.5, 0.6) is 0 Å². The van der Waals surface area contributed by atoms with Gasteiger partial charge in [-0.1, -0.05) is 13.0 Å². The lowest BCUT2D eigenvalue weighted by molar-refractivity contribution is -0.102. The maximum absolute atomic E-state index is 13.0. The Bertz CT molecular complexity index is 1110. The number of carbonyl (C=O) groups is 2. The molecule has 1 aromatic heterocycles. The highest BCUT2D eigenvalue weighted by Gasteiger charge is 2.46. The van der Waals surface area contributed by atoms with Gasteiger partial charge in [-0.05, 0) is 36.2 Å². The fourth-order valence-electron chi connectivity index (χ4n) is 4.48. The number of piperazine rings is 1. The van der Waals surface area contributed by atoms with Crippen LogP contribution in [-0.4, -0.2) is 73.0 Å². The second-order valence-electron chi connectivity index (χ2n) is 9.28. The molecule has 2 aliphatic rings. The Morgan fingerprint density at radius 3 is 2.53 bits per heavy atom. The Balaban J connectivity index is 1.29. The largest absolute Gasteiger partial charge is 0.386 e. The summed E-state index contributed by atoms with van der Waals surface area (Å²) < 4.78 is 25.9. The number of hydrogen-bond donors (Lipinski definition) is 2. The molecule has 10 heteroatoms. The minimum Gasteiger partial charge on any atom is -0.386 e. The molecule has 2 fully saturated rings. The van der Waals surface area contributed by atoms with Gasteiger partial charge in [0.15, 0.2) is 6.29 Å². The van der Waals surface area contributed by atoms with Gasteiger partial charge in [-0.2, -0.15) is 0 Å². The zero-order valence-corrected chi connectivity index (χ0v) is 20.6. The summed E-state index contributed by atoms with van der Waals surface area (Å²) in [5, 5.41) is 5.78. The van der Waals surface area contributed by atoms with E-state index < -0.39 is 17.9 Å². The predicted octanol–water partition coefficient (Wildman–Crippen LogP) is 3.65. The standard InChI is InChI=1S/C26H32F2N6O2/c1-3-19(17-35)31-22-6-4-18(12-24(22)29-2)16-33-8-10-34(11-9-33)21-5-7-23(30-15-21)25(36)32-20-13-26(27,28)14-20/h4-7,12,15,17,20,29H,3,8-11,13-14,16H2,1-2H3,(H,32,36)/b31-19-. The summed E-state index contributed by atoms with van der Waals surface area (Å²) in [6.45, 7) is 6.10. The predicted molar refractivity (Wildman–Crippen MR) is 137 cm³/mol. The van der Waals surface area contributed by atoms with Gasteiger partial charge in [-0.3, -0.25) is 14.5 Å². The van der Waals surface area contributed by atoms with Crippen molar-refractivity contribution in [2.45, 2.75) is 44.7 Å². The highest BCUT2D eigenvalue weighted by atomic mass is 19.3. The molecular formula is C26H32F2N6O2. The molecule has 1 saturated heterocycles. The molecule has 4 rings (SSSR count). The zero-order valence-electron chi connectivity index (χ0n) is 20.6. The fourth-order valence-corrected chi connectivity index (χ4v) is 4.48. The second kappa shape index (κ2) is 11.1. The number of benzene rings is 1. The number of amides is 1. The van der Waals surface area contributed by atoms with E-state index in [0.717, 1.165) is 61.6 Å². The first kappa shape index (κ1) is 25.7. The molecule has 0 radical (unpaired) electrons. The lowest BCUT2D eigenvalue weighted by Crippen LogP contribution is -2.50. The minimum atomic E-state index is -2.67. The molecule has 2 aromatic rings. The molecule has 8 nitrogen and oxygen atoms in total. The van der Waals surface area contributed by atoms with Crippen LogP contribution in [0.2, 0.25) is 0 Å². The van der Waals surface area contributed by atoms with E-state index >= 15 is 0 Å². The Morgan fingerprint density at radius 2 is 1.94 bits per heavy atom. The van der Waals surface area contributed by atoms with E-state index in [1.807, 2.05) is 32.2 Å². The number of aromatic nitrogens is 1. The second-order valence-corrected chi connectivity index (χ2v) is 9.28. The summed E-state index contributed by atoms with van der Waals surface area (Å²) in [7, 11) is 1.85. The van der Waals surface area contributed by atoms with Crippen molar-refractivity contribution < 1.29 is 18.4 Å². The molecule has 2 N–H and O–H groups in total. The van der Waals surface area contributed by atoms with Gasteiger partial charge in [0.25, 0.3) is 11.8 Å². The van der Waals surface area contributed by atoms with Crippen LogP contribution in [0, 0.1) is 0 Å². The highest BCUT2D eigenvalue weighted by molar-refractivity contribution is 6.28. The first-order chi connectivity index (χ1) is 17.3. The van der Waals surface area contributed by atoms with Crippen molar-refractivity contribution in [2.75, 3.05) is 43.4 Å². The van der Waals surface area contributed by atoms with Crippen LogP contribution in [0.1, 0.15) is 42.2 Å². The smallest absolute Gasteiger partial charge is 0.270 e. The summed E-state index contributed by atoms with van der Waals surface area (Å²) in [5.74, 6) is -3.08. The van der Waals surface area contributed by atoms with Crippen molar-refractivity contribution in [1.82, 2.24) is 15.2 Å². The summed E-state index contributed by atoms with van der Waals surface area (Å²) in [6, 6.07) is 9.07. The summed E-state index contributed by atoms with van der Waals surface area (Å²) in [4.78, 5) is 36.7. The van der Waals surface area contributed by atoms with Crippen molar-refractivity contribution in [3.8, 4) is 0 Å². The van der Waals surface area contributed by atoms with Gasteiger partial charge in [0.05, 0.1) is 29.0 Å². The minimum absolute atomic E-state index is 0.236. The number of aliphatic imine (C=N–C) groups is 1. The van der Waals surface area contributed by atoms with Crippen LogP contribution in [0.3, 0.4) is 0 Å². The SMILES string of the molecule is CC/C(C=O)=N/c1ccc(CN2CCN(c3ccc(C(=O)NC4CC(F)(F)C4)nc3)CC2)cc1NC. The topological polar surface area (TPSA) is 89.9 Å². The van der Waals surface area contributed by atoms with E-state index in [1.165, 1.54) is 0 Å². The number of nitrogens with one attached hydrogen (secondary N) is 2. The Kier molecular flexibility index (Phi) is 7.93. The number of nitrogens with zero attached hydrogens (tertiary/aromatic N) is 4. The molecule has 192 valence electrons. The first-order valence-corrected chi connectivity index (χ1v) is 12.3. The maximum atomic E-state index is 13.0. The first-order valence-electron chi connectivity index (χ1n) is 12.3. The van der Waals surface area contributed by atoms with E-state index in [2.05, 4.69) is 36.5 Å². The van der Waals surface area contributed by atoms with Gasteiger partial charge in [0.2, 0.25) is 0 Å². The third kappa shape index (κ3) is 6.23. The van der Waals surface area contributed by atoms with Crippen molar-refractivity contribution in [3.63, 3.8) is 0 Å². The quantitative estimate of drug-likeness (QED) is 0.405. The third-order valence-corrected chi connectivity index (χ3v) is 6.64. The summed E-state index contributed by atoms with van der Waals surface area (Å²) in [5.41, 5.74) is 4.49. The van der Waals surface area contributed by atoms with Crippen LogP contribution in [0.15, 0.2) is 41.5 Å². The third-order valence-electron chi connectivity index (χ3n) is 6.64. The summed E-state index contributed by atoms with van der Waals surface area (Å²) in [6.07, 6.45) is 2.43. The van der Waals surface area contributed by atoms with E-state index in [4.69, 9.17) is 0 Å². The van der Waals surface area contributed by atoms with E-state index in [9.17, 15) is 18.4 Å². The van der Waals surface area contributed by atoms with Gasteiger partial charge in [-0.15, -0.1) is 0 Å². The maximum Gasteiger partial charge on any atom is 0.270 e. The molecule has 1 aliphatic heterocycles. The Hall–Kier alpha value is -3.40. The molecule has 36 heavy (non-hydrogen) atoms. The van der Waals surface area contributed by atoms with E-state index in [0.29, 0.717) is 12.1 Å². The molecule has 1 saturated carbocycles. The van der Waals surface area contributed by atoms with E-state index in [1.54, 1.807) is 12.3 Å². The van der Waals surface area contributed by atoms with Crippen LogP contribution in [0.25, 0.3) is 0 Å². The van der Waals surface area contributed by atoms with Gasteiger partial charge in [0.1, 0.15) is 5.69 Å². The van der Waals surface area contributed by atoms with Crippen molar-refractivity contribution in [1.29, 1.82) is 0 Å². The van der Waals surface area contributed by atoms with Gasteiger partial charge in [0, 0.05) is 58.7 Å². The molecule has 2 heterocycles. The molecule has 1 amide bonds. The van der Waals surface area contributed by atoms with Gasteiger partial charge in [-0.25, -0.2) is 18.8 Å². The van der Waals surface area contributed by atoms with Crippen LogP contribution in [-0.2, 0) is 11.3 Å². The zero-order chi connectivity index (χ0) is 25.7. The number of pyridine rings is 1. The van der Waals surface area contributed by atoms with Gasteiger partial charge >= 0.3 is 0 Å². The number of halogens is 2. The molecular weight excluding hydrogens is 466 g/mol. The summed E-state index contributed by atoms with van der Waals surface area (Å²) >= 11 is 0. The van der Waals surface area contributed by atoms with Crippen LogP contribution >= 0.6 is 0 Å². The molecule has 0 unspecified atom stereocenters. The Morgan fingerprint density at radius 1 is 1.19 bits per heavy atom. The van der Waals surface area contributed by atoms with Crippen molar-refractivity contribution in [2.24, 2.45) is 4.99 Å². The number of carbonyl (C=O) groups excluding carboxylic acids is 2. The van der Waals surface area contributed by atoms with Gasteiger partial charge < -0.3 is 15.5 Å². The number of alkyl halides is 2. The molecule has 0 atom stereocenters. The van der Waals surface area contributed by atoms with E-state index in [-0.39, 0.29) is 18.5 Å². The number of hydrogen-bond acceptors (Lipinski definition) is 7. The molecule has 0 spiro atoms. The van der Waals surface area contributed by atoms with Crippen molar-refractivity contribution in [3.05, 3.63) is 47.8 Å². The monoisotopic (exact) mass is 498 g/mol. The highest BCUT2D eigenvalue weighted by Crippen LogP contribution is 2.37. The number of anilines is 2. The molecule has 0 bridgehead atoms. The average Bonchev–Trinajstić information content (AvgIpc) is 2.87. The lowest BCUT2D eigenvalue weighted by Gasteiger charge is -2.36. The average molecular weight is 499 g/mol. The molecule has 1 aromatic carbocycles. The lowest BCUT2D eigenvalue weighted by atomic mass is 9.88. The van der Waals surface area contributed by atoms with Crippen molar-refractivity contribution >= 4 is 35.0 Å². The Labute approximate surface area is 209 Å². The number of aldehydes is 1. The van der Waals surface area contributed by atoms with Crippen LogP contribution < -0.4 is 15.5 Å². The fraction of sp³-hybridized carbons (Fsp3) is 0.462. The molecule has 1 aliphatic carbocycles. The van der Waals surface area contributed by atoms with Crippen LogP contribution in [0.4, 0.5) is 25.8 Å².